The smallest absolute Gasteiger partial charge is 0.242 e. The van der Waals surface area contributed by atoms with E-state index in [9.17, 15) is 9.59 Å². The Balaban J connectivity index is 2.25. The van der Waals surface area contributed by atoms with Crippen LogP contribution >= 0.6 is 0 Å². The highest BCUT2D eigenvalue weighted by Gasteiger charge is 2.26. The van der Waals surface area contributed by atoms with E-state index in [1.54, 1.807) is 11.8 Å². The zero-order valence-electron chi connectivity index (χ0n) is 16.1. The average molecular weight is 352 g/mol. The summed E-state index contributed by atoms with van der Waals surface area (Å²) in [6.45, 7) is 8.66. The lowest BCUT2D eigenvalue weighted by atomic mass is 10.0. The number of benzene rings is 2. The van der Waals surface area contributed by atoms with Crippen LogP contribution in [0.2, 0.25) is 0 Å². The van der Waals surface area contributed by atoms with Gasteiger partial charge >= 0.3 is 0 Å². The van der Waals surface area contributed by atoms with E-state index >= 15 is 0 Å². The highest BCUT2D eigenvalue weighted by atomic mass is 16.2. The van der Waals surface area contributed by atoms with E-state index in [1.165, 1.54) is 0 Å². The SMILES string of the molecule is CCNC(=O)[C@H](C)N(Cc1cccc(C)c1)C(=O)Cc1ccccc1C. The molecule has 1 N–H and O–H groups in total. The number of hydrogen-bond donors (Lipinski definition) is 1. The zero-order chi connectivity index (χ0) is 19.1. The molecule has 0 aliphatic rings. The molecule has 1 atom stereocenters. The van der Waals surface area contributed by atoms with Crippen molar-refractivity contribution in [1.29, 1.82) is 0 Å². The van der Waals surface area contributed by atoms with Gasteiger partial charge in [0.15, 0.2) is 0 Å². The van der Waals surface area contributed by atoms with Crippen molar-refractivity contribution in [2.45, 2.75) is 46.7 Å². The molecule has 0 aromatic heterocycles. The van der Waals surface area contributed by atoms with E-state index < -0.39 is 6.04 Å². The summed E-state index contributed by atoms with van der Waals surface area (Å²) in [5.41, 5.74) is 4.25. The number of nitrogens with zero attached hydrogens (tertiary/aromatic N) is 1. The Labute approximate surface area is 156 Å². The van der Waals surface area contributed by atoms with Crippen LogP contribution in [0.3, 0.4) is 0 Å². The van der Waals surface area contributed by atoms with Crippen LogP contribution in [0.5, 0.6) is 0 Å². The van der Waals surface area contributed by atoms with Gasteiger partial charge in [0.1, 0.15) is 6.04 Å². The Morgan fingerprint density at radius 1 is 1.08 bits per heavy atom. The molecular weight excluding hydrogens is 324 g/mol. The summed E-state index contributed by atoms with van der Waals surface area (Å²) in [6.07, 6.45) is 0.294. The maximum absolute atomic E-state index is 13.1. The van der Waals surface area contributed by atoms with E-state index in [0.29, 0.717) is 19.5 Å². The second-order valence-electron chi connectivity index (χ2n) is 6.68. The molecule has 0 heterocycles. The van der Waals surface area contributed by atoms with Crippen LogP contribution in [-0.2, 0) is 22.6 Å². The summed E-state index contributed by atoms with van der Waals surface area (Å²) in [6, 6.07) is 15.4. The third-order valence-corrected chi connectivity index (χ3v) is 4.56. The summed E-state index contributed by atoms with van der Waals surface area (Å²) in [7, 11) is 0. The van der Waals surface area contributed by atoms with Crippen molar-refractivity contribution >= 4 is 11.8 Å². The van der Waals surface area contributed by atoms with Gasteiger partial charge in [0.05, 0.1) is 6.42 Å². The van der Waals surface area contributed by atoms with Crippen LogP contribution in [-0.4, -0.2) is 29.3 Å². The van der Waals surface area contributed by atoms with Crippen LogP contribution in [0.15, 0.2) is 48.5 Å². The van der Waals surface area contributed by atoms with Crippen LogP contribution in [0.4, 0.5) is 0 Å². The van der Waals surface area contributed by atoms with Gasteiger partial charge in [-0.15, -0.1) is 0 Å². The molecule has 26 heavy (non-hydrogen) atoms. The summed E-state index contributed by atoms with van der Waals surface area (Å²) in [5, 5.41) is 2.82. The van der Waals surface area contributed by atoms with Crippen molar-refractivity contribution in [3.05, 3.63) is 70.8 Å². The lowest BCUT2D eigenvalue weighted by molar-refractivity contribution is -0.140. The molecule has 2 amide bonds. The van der Waals surface area contributed by atoms with Gasteiger partial charge in [0, 0.05) is 13.1 Å². The first-order valence-corrected chi connectivity index (χ1v) is 9.09. The molecule has 0 aliphatic carbocycles. The summed E-state index contributed by atoms with van der Waals surface area (Å²) in [5.74, 6) is -0.169. The van der Waals surface area contributed by atoms with Gasteiger partial charge in [-0.3, -0.25) is 9.59 Å². The Hall–Kier alpha value is -2.62. The van der Waals surface area contributed by atoms with Crippen LogP contribution in [0.1, 0.15) is 36.1 Å². The fraction of sp³-hybridized carbons (Fsp3) is 0.364. The van der Waals surface area contributed by atoms with E-state index in [0.717, 1.165) is 22.3 Å². The van der Waals surface area contributed by atoms with Crippen molar-refractivity contribution in [3.8, 4) is 0 Å². The highest BCUT2D eigenvalue weighted by molar-refractivity contribution is 5.88. The number of carbonyl (C=O) groups is 2. The number of carbonyl (C=O) groups excluding carboxylic acids is 2. The van der Waals surface area contributed by atoms with Crippen molar-refractivity contribution in [3.63, 3.8) is 0 Å². The second kappa shape index (κ2) is 9.18. The van der Waals surface area contributed by atoms with Crippen molar-refractivity contribution in [2.75, 3.05) is 6.54 Å². The largest absolute Gasteiger partial charge is 0.355 e. The van der Waals surface area contributed by atoms with Gasteiger partial charge in [-0.1, -0.05) is 54.1 Å². The molecule has 0 fully saturated rings. The number of aryl methyl sites for hydroxylation is 2. The predicted molar refractivity (Wildman–Crippen MR) is 105 cm³/mol. The number of amides is 2. The molecule has 0 aliphatic heterocycles. The fourth-order valence-corrected chi connectivity index (χ4v) is 2.98. The fourth-order valence-electron chi connectivity index (χ4n) is 2.98. The predicted octanol–water partition coefficient (Wildman–Crippen LogP) is 3.40. The minimum atomic E-state index is -0.521. The zero-order valence-corrected chi connectivity index (χ0v) is 16.1. The number of rotatable bonds is 7. The molecule has 0 radical (unpaired) electrons. The maximum atomic E-state index is 13.1. The third-order valence-electron chi connectivity index (χ3n) is 4.56. The minimum absolute atomic E-state index is 0.0421. The molecule has 0 saturated heterocycles. The Morgan fingerprint density at radius 2 is 1.81 bits per heavy atom. The monoisotopic (exact) mass is 352 g/mol. The van der Waals surface area contributed by atoms with E-state index in [-0.39, 0.29) is 11.8 Å². The molecule has 2 rings (SSSR count). The topological polar surface area (TPSA) is 49.4 Å². The van der Waals surface area contributed by atoms with E-state index in [4.69, 9.17) is 0 Å². The summed E-state index contributed by atoms with van der Waals surface area (Å²) >= 11 is 0. The van der Waals surface area contributed by atoms with Crippen LogP contribution in [0.25, 0.3) is 0 Å². The molecule has 0 spiro atoms. The lowest BCUT2D eigenvalue weighted by Gasteiger charge is -2.29. The molecule has 2 aromatic carbocycles. The van der Waals surface area contributed by atoms with E-state index in [2.05, 4.69) is 11.4 Å². The number of likely N-dealkylation sites (N-methyl/N-ethyl adjacent to an activating group) is 1. The molecule has 0 unspecified atom stereocenters. The van der Waals surface area contributed by atoms with Crippen molar-refractivity contribution in [2.24, 2.45) is 0 Å². The minimum Gasteiger partial charge on any atom is -0.355 e. The van der Waals surface area contributed by atoms with Gasteiger partial charge in [-0.2, -0.15) is 0 Å². The normalized spacial score (nSPS) is 11.7. The molecule has 138 valence electrons. The van der Waals surface area contributed by atoms with Gasteiger partial charge in [0.25, 0.3) is 0 Å². The maximum Gasteiger partial charge on any atom is 0.242 e. The average Bonchev–Trinajstić information content (AvgIpc) is 2.61. The van der Waals surface area contributed by atoms with Gasteiger partial charge in [0.2, 0.25) is 11.8 Å². The van der Waals surface area contributed by atoms with E-state index in [1.807, 2.05) is 63.2 Å². The van der Waals surface area contributed by atoms with Crippen LogP contribution < -0.4 is 5.32 Å². The highest BCUT2D eigenvalue weighted by Crippen LogP contribution is 2.15. The van der Waals surface area contributed by atoms with Gasteiger partial charge < -0.3 is 10.2 Å². The van der Waals surface area contributed by atoms with Crippen molar-refractivity contribution in [1.82, 2.24) is 10.2 Å². The molecule has 0 bridgehead atoms. The van der Waals surface area contributed by atoms with Crippen molar-refractivity contribution < 1.29 is 9.59 Å². The second-order valence-corrected chi connectivity index (χ2v) is 6.68. The first-order valence-electron chi connectivity index (χ1n) is 9.09. The molecule has 2 aromatic rings. The lowest BCUT2D eigenvalue weighted by Crippen LogP contribution is -2.48. The molecular formula is C22H28N2O2. The first kappa shape index (κ1) is 19.7. The molecule has 4 nitrogen and oxygen atoms in total. The van der Waals surface area contributed by atoms with Gasteiger partial charge in [-0.25, -0.2) is 0 Å². The molecule has 4 heteroatoms. The first-order chi connectivity index (χ1) is 12.4. The molecule has 0 saturated carbocycles. The number of hydrogen-bond acceptors (Lipinski definition) is 2. The standard InChI is InChI=1S/C22H28N2O2/c1-5-23-22(26)18(4)24(15-19-11-8-9-16(2)13-19)21(25)14-20-12-7-6-10-17(20)3/h6-13,18H,5,14-15H2,1-4H3,(H,23,26)/t18-/m0/s1. The summed E-state index contributed by atoms with van der Waals surface area (Å²) < 4.78 is 0. The Kier molecular flexibility index (Phi) is 6.96. The third kappa shape index (κ3) is 5.19. The Bertz CT molecular complexity index is 770. The quantitative estimate of drug-likeness (QED) is 0.830. The summed E-state index contributed by atoms with van der Waals surface area (Å²) in [4.78, 5) is 27.1. The van der Waals surface area contributed by atoms with Gasteiger partial charge in [-0.05, 0) is 44.4 Å². The Morgan fingerprint density at radius 3 is 2.46 bits per heavy atom. The number of nitrogens with one attached hydrogen (secondary N) is 1. The van der Waals surface area contributed by atoms with Crippen LogP contribution in [0, 0.1) is 13.8 Å².